The number of amides is 1. The van der Waals surface area contributed by atoms with Crippen LogP contribution in [0.1, 0.15) is 6.42 Å². The van der Waals surface area contributed by atoms with E-state index in [0.717, 1.165) is 24.2 Å². The van der Waals surface area contributed by atoms with Crippen LogP contribution >= 0.6 is 0 Å². The summed E-state index contributed by atoms with van der Waals surface area (Å²) in [5.41, 5.74) is 1.89. The minimum absolute atomic E-state index is 0.00411. The molecule has 1 heterocycles. The number of nitrogens with zero attached hydrogens (tertiary/aromatic N) is 2. The molecule has 0 bridgehead atoms. The van der Waals surface area contributed by atoms with Gasteiger partial charge in [-0.3, -0.25) is 9.69 Å². The highest BCUT2D eigenvalue weighted by Gasteiger charge is 2.28. The van der Waals surface area contributed by atoms with Crippen molar-refractivity contribution in [2.45, 2.75) is 18.6 Å². The van der Waals surface area contributed by atoms with Crippen molar-refractivity contribution >= 4 is 11.6 Å². The zero-order valence-electron chi connectivity index (χ0n) is 16.6. The summed E-state index contributed by atoms with van der Waals surface area (Å²) in [7, 11) is 1.82. The van der Waals surface area contributed by atoms with Crippen LogP contribution in [0, 0.1) is 0 Å². The molecule has 150 valence electrons. The first kappa shape index (κ1) is 21.7. The van der Waals surface area contributed by atoms with Crippen molar-refractivity contribution in [2.24, 2.45) is 0 Å². The normalized spacial score (nSPS) is 18.8. The van der Waals surface area contributed by atoms with Gasteiger partial charge >= 0.3 is 0 Å². The largest absolute Gasteiger partial charge is 0.392 e. The average Bonchev–Trinajstić information content (AvgIpc) is 3.12. The molecule has 1 aromatic carbocycles. The monoisotopic (exact) mass is 381 g/mol. The first-order chi connectivity index (χ1) is 13.5. The summed E-state index contributed by atoms with van der Waals surface area (Å²) >= 11 is 0. The summed E-state index contributed by atoms with van der Waals surface area (Å²) in [6.45, 7) is 9.88. The molecule has 1 amide bonds. The van der Waals surface area contributed by atoms with Crippen molar-refractivity contribution in [1.29, 1.82) is 0 Å². The van der Waals surface area contributed by atoms with Crippen LogP contribution in [0.3, 0.4) is 0 Å². The van der Waals surface area contributed by atoms with Gasteiger partial charge in [0.15, 0.2) is 0 Å². The van der Waals surface area contributed by atoms with Gasteiger partial charge in [-0.05, 0) is 24.1 Å². The van der Waals surface area contributed by atoms with Crippen molar-refractivity contribution in [2.75, 3.05) is 38.5 Å². The molecule has 0 radical (unpaired) electrons. The topological polar surface area (TPSA) is 55.8 Å². The van der Waals surface area contributed by atoms with Gasteiger partial charge in [0.05, 0.1) is 18.7 Å². The van der Waals surface area contributed by atoms with Gasteiger partial charge in [-0.2, -0.15) is 0 Å². The quantitative estimate of drug-likeness (QED) is 0.612. The molecule has 5 nitrogen and oxygen atoms in total. The zero-order chi connectivity index (χ0) is 20.4. The highest BCUT2D eigenvalue weighted by molar-refractivity contribution is 5.81. The van der Waals surface area contributed by atoms with Crippen molar-refractivity contribution in [1.82, 2.24) is 9.80 Å². The van der Waals surface area contributed by atoms with Gasteiger partial charge in [0.25, 0.3) is 0 Å². The molecule has 2 rings (SSSR count). The number of rotatable bonds is 10. The molecule has 0 aliphatic carbocycles. The van der Waals surface area contributed by atoms with Crippen LogP contribution in [-0.2, 0) is 4.79 Å². The number of aliphatic hydroxyl groups is 1. The molecule has 1 aliphatic rings. The molecular formula is C23H31N3O2. The number of para-hydroxylation sites is 1. The molecule has 0 saturated carbocycles. The molecule has 5 heteroatoms. The molecule has 0 aromatic heterocycles. The Morgan fingerprint density at radius 3 is 2.71 bits per heavy atom. The number of benzene rings is 1. The SMILES string of the molecule is C=C/C=C\C(=C/C=C)C(CN1CC[C@H](O)C1)N(C)C(=O)CNc1ccccc1. The number of carbonyl (C=O) groups is 1. The fourth-order valence-electron chi connectivity index (χ4n) is 3.30. The Bertz CT molecular complexity index is 712. The lowest BCUT2D eigenvalue weighted by Gasteiger charge is -2.33. The summed E-state index contributed by atoms with van der Waals surface area (Å²) < 4.78 is 0. The predicted molar refractivity (Wildman–Crippen MR) is 116 cm³/mol. The van der Waals surface area contributed by atoms with E-state index in [1.54, 1.807) is 17.1 Å². The van der Waals surface area contributed by atoms with Gasteiger partial charge in [-0.1, -0.05) is 61.7 Å². The number of nitrogens with one attached hydrogen (secondary N) is 1. The number of aliphatic hydroxyl groups excluding tert-OH is 1. The van der Waals surface area contributed by atoms with E-state index in [0.29, 0.717) is 13.1 Å². The van der Waals surface area contributed by atoms with Gasteiger partial charge < -0.3 is 15.3 Å². The maximum atomic E-state index is 12.9. The predicted octanol–water partition coefficient (Wildman–Crippen LogP) is 2.85. The molecule has 1 aliphatic heterocycles. The number of likely N-dealkylation sites (N-methyl/N-ethyl adjacent to an activating group) is 1. The van der Waals surface area contributed by atoms with Gasteiger partial charge in [-0.15, -0.1) is 0 Å². The van der Waals surface area contributed by atoms with Gasteiger partial charge in [0.1, 0.15) is 0 Å². The lowest BCUT2D eigenvalue weighted by atomic mass is 10.0. The van der Waals surface area contributed by atoms with Gasteiger partial charge in [0.2, 0.25) is 5.91 Å². The molecule has 1 aromatic rings. The van der Waals surface area contributed by atoms with Crippen molar-refractivity contribution in [3.63, 3.8) is 0 Å². The van der Waals surface area contributed by atoms with E-state index >= 15 is 0 Å². The number of likely N-dealkylation sites (tertiary alicyclic amines) is 1. The summed E-state index contributed by atoms with van der Waals surface area (Å²) in [5.74, 6) is -0.00411. The number of β-amino-alcohol motifs (C(OH)–C–C–N with tert-alkyl or cyclic N) is 1. The third-order valence-electron chi connectivity index (χ3n) is 4.88. The summed E-state index contributed by atoms with van der Waals surface area (Å²) in [4.78, 5) is 16.8. The maximum absolute atomic E-state index is 12.9. The Morgan fingerprint density at radius 1 is 1.36 bits per heavy atom. The first-order valence-electron chi connectivity index (χ1n) is 9.62. The Labute approximate surface area is 168 Å². The van der Waals surface area contributed by atoms with Gasteiger partial charge in [0, 0.05) is 32.4 Å². The summed E-state index contributed by atoms with van der Waals surface area (Å²) in [6.07, 6.45) is 9.66. The van der Waals surface area contributed by atoms with E-state index in [1.807, 2.05) is 55.6 Å². The minimum atomic E-state index is -0.294. The molecule has 28 heavy (non-hydrogen) atoms. The Balaban J connectivity index is 2.14. The van der Waals surface area contributed by atoms with E-state index in [4.69, 9.17) is 0 Å². The average molecular weight is 382 g/mol. The van der Waals surface area contributed by atoms with Crippen LogP contribution in [-0.4, -0.2) is 66.2 Å². The number of hydrogen-bond acceptors (Lipinski definition) is 4. The summed E-state index contributed by atoms with van der Waals surface area (Å²) in [6, 6.07) is 9.53. The molecule has 1 unspecified atom stereocenters. The second-order valence-corrected chi connectivity index (χ2v) is 6.94. The first-order valence-corrected chi connectivity index (χ1v) is 9.62. The fourth-order valence-corrected chi connectivity index (χ4v) is 3.30. The third-order valence-corrected chi connectivity index (χ3v) is 4.88. The smallest absolute Gasteiger partial charge is 0.242 e. The van der Waals surface area contributed by atoms with E-state index in [2.05, 4.69) is 23.4 Å². The van der Waals surface area contributed by atoms with Crippen molar-refractivity contribution in [3.05, 3.63) is 79.4 Å². The number of hydrogen-bond donors (Lipinski definition) is 2. The third kappa shape index (κ3) is 6.51. The second-order valence-electron chi connectivity index (χ2n) is 6.94. The molecule has 2 atom stereocenters. The molecule has 1 saturated heterocycles. The van der Waals surface area contributed by atoms with Crippen LogP contribution in [0.25, 0.3) is 0 Å². The van der Waals surface area contributed by atoms with Crippen LogP contribution in [0.4, 0.5) is 5.69 Å². The zero-order valence-corrected chi connectivity index (χ0v) is 16.6. The summed E-state index contributed by atoms with van der Waals surface area (Å²) in [5, 5.41) is 13.0. The Morgan fingerprint density at radius 2 is 2.11 bits per heavy atom. The standard InChI is InChI=1S/C23H31N3O2/c1-4-6-11-19(10-5-2)22(18-26-15-14-21(27)17-26)25(3)23(28)16-24-20-12-8-7-9-13-20/h4-13,21-22,24,27H,1-2,14-18H2,3H3/b11-6-,19-10+/t21-,22?/m0/s1. The van der Waals surface area contributed by atoms with Crippen molar-refractivity contribution in [3.8, 4) is 0 Å². The van der Waals surface area contributed by atoms with Crippen LogP contribution in [0.15, 0.2) is 79.4 Å². The lowest BCUT2D eigenvalue weighted by Crippen LogP contribution is -2.47. The van der Waals surface area contributed by atoms with E-state index < -0.39 is 0 Å². The number of carbonyl (C=O) groups excluding carboxylic acids is 1. The molecular weight excluding hydrogens is 350 g/mol. The highest BCUT2D eigenvalue weighted by atomic mass is 16.3. The Hall–Kier alpha value is -2.63. The molecule has 2 N–H and O–H groups in total. The van der Waals surface area contributed by atoms with Crippen LogP contribution in [0.2, 0.25) is 0 Å². The van der Waals surface area contributed by atoms with E-state index in [9.17, 15) is 9.90 Å². The van der Waals surface area contributed by atoms with E-state index in [-0.39, 0.29) is 24.6 Å². The minimum Gasteiger partial charge on any atom is -0.392 e. The maximum Gasteiger partial charge on any atom is 0.242 e. The lowest BCUT2D eigenvalue weighted by molar-refractivity contribution is -0.129. The molecule has 1 fully saturated rings. The Kier molecular flexibility index (Phi) is 8.72. The van der Waals surface area contributed by atoms with Crippen molar-refractivity contribution < 1.29 is 9.90 Å². The fraction of sp³-hybridized carbons (Fsp3) is 0.348. The van der Waals surface area contributed by atoms with Crippen LogP contribution < -0.4 is 5.32 Å². The van der Waals surface area contributed by atoms with Crippen LogP contribution in [0.5, 0.6) is 0 Å². The number of allylic oxidation sites excluding steroid dienone is 4. The highest BCUT2D eigenvalue weighted by Crippen LogP contribution is 2.18. The van der Waals surface area contributed by atoms with E-state index in [1.165, 1.54) is 0 Å². The molecule has 0 spiro atoms. The second kappa shape index (κ2) is 11.3. The number of anilines is 1. The van der Waals surface area contributed by atoms with Gasteiger partial charge in [-0.25, -0.2) is 0 Å².